The number of hydrogen-bond acceptors (Lipinski definition) is 3. The molecule has 0 fully saturated rings. The predicted octanol–water partition coefficient (Wildman–Crippen LogP) is 4.11. The third kappa shape index (κ3) is 10.3. The van der Waals surface area contributed by atoms with Gasteiger partial charge in [0, 0.05) is 34.9 Å². The first-order chi connectivity index (χ1) is 12.1. The van der Waals surface area contributed by atoms with Gasteiger partial charge in [-0.1, -0.05) is 26.0 Å². The summed E-state index contributed by atoms with van der Waals surface area (Å²) < 4.78 is 17.6. The molecule has 1 aromatic carbocycles. The van der Waals surface area contributed by atoms with Gasteiger partial charge in [0.2, 0.25) is 0 Å². The molecule has 2 atom stereocenters. The van der Waals surface area contributed by atoms with E-state index in [-0.39, 0.29) is 34.8 Å². The van der Waals surface area contributed by atoms with Gasteiger partial charge in [-0.05, 0) is 51.3 Å². The average Bonchev–Trinajstić information content (AvgIpc) is 2.58. The van der Waals surface area contributed by atoms with Crippen molar-refractivity contribution in [1.29, 1.82) is 0 Å². The summed E-state index contributed by atoms with van der Waals surface area (Å²) in [6.07, 6.45) is 0. The summed E-state index contributed by atoms with van der Waals surface area (Å²) in [6.45, 7) is 13.7. The van der Waals surface area contributed by atoms with Crippen LogP contribution >= 0.6 is 24.0 Å². The van der Waals surface area contributed by atoms with Crippen molar-refractivity contribution in [1.82, 2.24) is 10.6 Å². The van der Waals surface area contributed by atoms with Crippen LogP contribution in [0.4, 0.5) is 0 Å². The van der Waals surface area contributed by atoms with Gasteiger partial charge >= 0.3 is 0 Å². The van der Waals surface area contributed by atoms with Crippen molar-refractivity contribution in [3.05, 3.63) is 29.8 Å². The zero-order valence-electron chi connectivity index (χ0n) is 17.7. The highest BCUT2D eigenvalue weighted by Gasteiger charge is 2.18. The zero-order chi connectivity index (χ0) is 19.7. The molecule has 2 N–H and O–H groups in total. The highest BCUT2D eigenvalue weighted by molar-refractivity contribution is 14.0. The summed E-state index contributed by atoms with van der Waals surface area (Å²) in [5.41, 5.74) is 1.16. The van der Waals surface area contributed by atoms with E-state index < -0.39 is 10.8 Å². The molecule has 0 aliphatic carbocycles. The number of nitrogens with zero attached hydrogens (tertiary/aromatic N) is 1. The van der Waals surface area contributed by atoms with Crippen LogP contribution in [-0.4, -0.2) is 40.9 Å². The summed E-state index contributed by atoms with van der Waals surface area (Å²) in [5.74, 6) is 2.71. The Kier molecular flexibility index (Phi) is 12.2. The zero-order valence-corrected chi connectivity index (χ0v) is 20.8. The molecule has 0 bridgehead atoms. The Balaban J connectivity index is 0.00000676. The van der Waals surface area contributed by atoms with Crippen molar-refractivity contribution < 1.29 is 8.95 Å². The SMILES string of the molecule is CN=C(NCCS(=O)C(C)(C)C)NC(C)c1ccc(OCC(C)C)cc1.I. The molecule has 5 nitrogen and oxygen atoms in total. The number of guanidine groups is 1. The van der Waals surface area contributed by atoms with Crippen LogP contribution in [-0.2, 0) is 10.8 Å². The van der Waals surface area contributed by atoms with E-state index in [2.05, 4.69) is 48.5 Å². The molecule has 156 valence electrons. The second-order valence-electron chi connectivity index (χ2n) is 7.80. The van der Waals surface area contributed by atoms with Gasteiger partial charge in [-0.3, -0.25) is 9.20 Å². The van der Waals surface area contributed by atoms with Crippen LogP contribution in [0.25, 0.3) is 0 Å². The smallest absolute Gasteiger partial charge is 0.191 e. The van der Waals surface area contributed by atoms with Crippen LogP contribution in [0.5, 0.6) is 5.75 Å². The molecule has 27 heavy (non-hydrogen) atoms. The molecule has 0 aromatic heterocycles. The molecule has 0 aliphatic rings. The molecule has 0 spiro atoms. The highest BCUT2D eigenvalue weighted by Crippen LogP contribution is 2.18. The van der Waals surface area contributed by atoms with Crippen molar-refractivity contribution in [2.45, 2.75) is 52.3 Å². The first kappa shape index (κ1) is 26.2. The number of nitrogens with one attached hydrogen (secondary N) is 2. The summed E-state index contributed by atoms with van der Waals surface area (Å²) in [6, 6.07) is 8.23. The number of aliphatic imine (C=N–C) groups is 1. The quantitative estimate of drug-likeness (QED) is 0.315. The number of hydrogen-bond donors (Lipinski definition) is 2. The number of halogens is 1. The Morgan fingerprint density at radius 2 is 1.78 bits per heavy atom. The van der Waals surface area contributed by atoms with Crippen LogP contribution < -0.4 is 15.4 Å². The Hall–Kier alpha value is -0.830. The molecule has 0 saturated heterocycles. The van der Waals surface area contributed by atoms with Crippen LogP contribution in [0.3, 0.4) is 0 Å². The number of ether oxygens (including phenoxy) is 1. The Bertz CT molecular complexity index is 598. The van der Waals surface area contributed by atoms with Crippen LogP contribution in [0.2, 0.25) is 0 Å². The van der Waals surface area contributed by atoms with Crippen molar-refractivity contribution in [2.75, 3.05) is 26.0 Å². The van der Waals surface area contributed by atoms with E-state index in [1.54, 1.807) is 7.05 Å². The minimum Gasteiger partial charge on any atom is -0.493 e. The summed E-state index contributed by atoms with van der Waals surface area (Å²) in [7, 11) is 0.870. The summed E-state index contributed by atoms with van der Waals surface area (Å²) >= 11 is 0. The third-order valence-corrected chi connectivity index (χ3v) is 5.74. The minimum absolute atomic E-state index is 0. The molecule has 2 unspecified atom stereocenters. The van der Waals surface area contributed by atoms with Crippen molar-refractivity contribution in [2.24, 2.45) is 10.9 Å². The van der Waals surface area contributed by atoms with Crippen molar-refractivity contribution in [3.63, 3.8) is 0 Å². The van der Waals surface area contributed by atoms with Crippen LogP contribution in [0, 0.1) is 5.92 Å². The molecule has 1 aromatic rings. The van der Waals surface area contributed by atoms with Gasteiger partial charge in [0.1, 0.15) is 5.75 Å². The normalized spacial score (nSPS) is 14.3. The molecular formula is C20H36IN3O2S. The third-order valence-electron chi connectivity index (χ3n) is 3.80. The van der Waals surface area contributed by atoms with Gasteiger partial charge in [-0.15, -0.1) is 24.0 Å². The first-order valence-electron chi connectivity index (χ1n) is 9.22. The maximum absolute atomic E-state index is 12.1. The average molecular weight is 509 g/mol. The lowest BCUT2D eigenvalue weighted by Crippen LogP contribution is -2.41. The molecular weight excluding hydrogens is 473 g/mol. The molecule has 1 rings (SSSR count). The van der Waals surface area contributed by atoms with E-state index in [0.29, 0.717) is 24.2 Å². The lowest BCUT2D eigenvalue weighted by Gasteiger charge is -2.20. The molecule has 0 heterocycles. The van der Waals surface area contributed by atoms with Crippen LogP contribution in [0.15, 0.2) is 29.3 Å². The lowest BCUT2D eigenvalue weighted by molar-refractivity contribution is 0.271. The fourth-order valence-electron chi connectivity index (χ4n) is 2.17. The summed E-state index contributed by atoms with van der Waals surface area (Å²) in [5, 5.41) is 6.60. The van der Waals surface area contributed by atoms with E-state index in [4.69, 9.17) is 4.74 Å². The van der Waals surface area contributed by atoms with Gasteiger partial charge in [0.15, 0.2) is 5.96 Å². The van der Waals surface area contributed by atoms with Crippen molar-refractivity contribution in [3.8, 4) is 5.75 Å². The van der Waals surface area contributed by atoms with Gasteiger partial charge in [0.05, 0.1) is 12.6 Å². The molecule has 0 radical (unpaired) electrons. The molecule has 0 amide bonds. The van der Waals surface area contributed by atoms with E-state index in [1.807, 2.05) is 32.9 Å². The maximum Gasteiger partial charge on any atom is 0.191 e. The second kappa shape index (κ2) is 12.6. The molecule has 7 heteroatoms. The standard InChI is InChI=1S/C20H35N3O2S.HI/c1-15(2)14-25-18-10-8-17(9-11-18)16(3)23-19(21-7)22-12-13-26(24)20(4,5)6;/h8-11,15-16H,12-14H2,1-7H3,(H2,21,22,23);1H. The van der Waals surface area contributed by atoms with Gasteiger partial charge in [0.25, 0.3) is 0 Å². The first-order valence-corrected chi connectivity index (χ1v) is 10.5. The fourth-order valence-corrected chi connectivity index (χ4v) is 3.07. The Morgan fingerprint density at radius 3 is 2.26 bits per heavy atom. The highest BCUT2D eigenvalue weighted by atomic mass is 127. The molecule has 0 aliphatic heterocycles. The number of rotatable bonds is 8. The van der Waals surface area contributed by atoms with Crippen molar-refractivity contribution >= 4 is 40.7 Å². The number of benzene rings is 1. The van der Waals surface area contributed by atoms with E-state index >= 15 is 0 Å². The summed E-state index contributed by atoms with van der Waals surface area (Å²) in [4.78, 5) is 4.25. The van der Waals surface area contributed by atoms with E-state index in [9.17, 15) is 4.21 Å². The van der Waals surface area contributed by atoms with Gasteiger partial charge < -0.3 is 15.4 Å². The van der Waals surface area contributed by atoms with E-state index in [1.165, 1.54) is 0 Å². The Labute approximate surface area is 184 Å². The Morgan fingerprint density at radius 1 is 1.19 bits per heavy atom. The fraction of sp³-hybridized carbons (Fsp3) is 0.650. The lowest BCUT2D eigenvalue weighted by atomic mass is 10.1. The van der Waals surface area contributed by atoms with Crippen LogP contribution in [0.1, 0.15) is 53.1 Å². The van der Waals surface area contributed by atoms with Gasteiger partial charge in [-0.2, -0.15) is 0 Å². The minimum atomic E-state index is -0.872. The van der Waals surface area contributed by atoms with Gasteiger partial charge in [-0.25, -0.2) is 0 Å². The monoisotopic (exact) mass is 509 g/mol. The predicted molar refractivity (Wildman–Crippen MR) is 128 cm³/mol. The largest absolute Gasteiger partial charge is 0.493 e. The van der Waals surface area contributed by atoms with E-state index in [0.717, 1.165) is 17.9 Å². The maximum atomic E-state index is 12.1. The topological polar surface area (TPSA) is 62.7 Å². The second-order valence-corrected chi connectivity index (χ2v) is 10.1. The molecule has 0 saturated carbocycles.